The maximum atomic E-state index is 14.2. The van der Waals surface area contributed by atoms with E-state index in [0.29, 0.717) is 27.9 Å². The number of carboxylic acid groups (broad SMARTS) is 1. The first-order valence-corrected chi connectivity index (χ1v) is 22.0. The minimum absolute atomic E-state index is 0.0378. The number of carboxylic acids is 1. The van der Waals surface area contributed by atoms with E-state index in [1.807, 2.05) is 0 Å². The average molecular weight is 931 g/mol. The number of para-hydroxylation sites is 1. The standard InChI is InChI=1S/C41H58N10O13S/c1-6-18(2)33-38(60)45-14-31(55)46-28(17-65-39-24(23-9-7-8-10-26(23)48-39)12-25(42)35(57)44-15-32(56)49-33)36(58)47-27(13-30(43)54)40(61)51-16-22(53)11-29(51)37(59)50-34(41(62)63)19(3)20(4)64-21(5)52/h7-10,18-20,22,25,27-29,33-34,48,53H,6,11-17,42H2,1-5H3,(H2,43,54)(H,44,57)(H,45,60)(H,46,55)(H,47,58)(H,49,56)(H,50,59)(H,62,63)/t18-,19-,20-,22+,25?,27?,28?,29-,33-,34-/m0/s1. The number of ether oxygens (including phenoxy) is 1. The largest absolute Gasteiger partial charge is 0.480 e. The number of rotatable bonds is 13. The first-order valence-electron chi connectivity index (χ1n) is 21.0. The third kappa shape index (κ3) is 13.9. The number of aromatic nitrogens is 1. The number of nitrogens with one attached hydrogen (secondary N) is 7. The van der Waals surface area contributed by atoms with Gasteiger partial charge in [-0.1, -0.05) is 45.4 Å². The molecule has 65 heavy (non-hydrogen) atoms. The molecule has 24 heteroatoms. The van der Waals surface area contributed by atoms with Crippen molar-refractivity contribution in [1.82, 2.24) is 41.8 Å². The zero-order chi connectivity index (χ0) is 48.3. The molecular formula is C41H58N10O13S. The van der Waals surface area contributed by atoms with Gasteiger partial charge in [0.2, 0.25) is 47.3 Å². The molecule has 1 aromatic heterocycles. The van der Waals surface area contributed by atoms with E-state index in [1.54, 1.807) is 38.1 Å². The van der Waals surface area contributed by atoms with Crippen molar-refractivity contribution in [3.05, 3.63) is 29.8 Å². The zero-order valence-corrected chi connectivity index (χ0v) is 37.5. The van der Waals surface area contributed by atoms with E-state index in [-0.39, 0.29) is 18.6 Å². The van der Waals surface area contributed by atoms with Crippen LogP contribution in [-0.2, 0) is 59.1 Å². The molecule has 10 atom stereocenters. The molecule has 2 aliphatic heterocycles. The molecule has 4 rings (SSSR count). The summed E-state index contributed by atoms with van der Waals surface area (Å²) in [5.74, 6) is -10.8. The highest BCUT2D eigenvalue weighted by Crippen LogP contribution is 2.31. The first kappa shape index (κ1) is 51.4. The summed E-state index contributed by atoms with van der Waals surface area (Å²) < 4.78 is 5.10. The van der Waals surface area contributed by atoms with Crippen molar-refractivity contribution in [3.63, 3.8) is 0 Å². The lowest BCUT2D eigenvalue weighted by Gasteiger charge is -2.31. The molecule has 1 saturated heterocycles. The Balaban J connectivity index is 1.65. The summed E-state index contributed by atoms with van der Waals surface area (Å²) in [6.07, 6.45) is -2.99. The van der Waals surface area contributed by atoms with Crippen molar-refractivity contribution in [3.8, 4) is 0 Å². The highest BCUT2D eigenvalue weighted by molar-refractivity contribution is 7.99. The van der Waals surface area contributed by atoms with Gasteiger partial charge in [-0.3, -0.25) is 43.2 Å². The number of benzene rings is 1. The van der Waals surface area contributed by atoms with Gasteiger partial charge in [0.25, 0.3) is 0 Å². The summed E-state index contributed by atoms with van der Waals surface area (Å²) in [7, 11) is 0. The van der Waals surface area contributed by atoms with Crippen molar-refractivity contribution < 1.29 is 62.9 Å². The second kappa shape index (κ2) is 23.1. The van der Waals surface area contributed by atoms with Crippen LogP contribution in [0.15, 0.2) is 29.3 Å². The van der Waals surface area contributed by atoms with E-state index in [9.17, 15) is 58.2 Å². The van der Waals surface area contributed by atoms with E-state index in [1.165, 1.54) is 13.8 Å². The van der Waals surface area contributed by atoms with Gasteiger partial charge < -0.3 is 68.2 Å². The molecule has 356 valence electrons. The summed E-state index contributed by atoms with van der Waals surface area (Å²) in [5.41, 5.74) is 13.1. The topological polar surface area (TPSA) is 364 Å². The predicted octanol–water partition coefficient (Wildman–Crippen LogP) is -3.13. The highest BCUT2D eigenvalue weighted by atomic mass is 32.2. The van der Waals surface area contributed by atoms with Gasteiger partial charge in [0.1, 0.15) is 36.3 Å². The van der Waals surface area contributed by atoms with Crippen molar-refractivity contribution in [2.75, 3.05) is 25.4 Å². The Morgan fingerprint density at radius 2 is 1.60 bits per heavy atom. The van der Waals surface area contributed by atoms with Crippen LogP contribution in [-0.4, -0.2) is 153 Å². The van der Waals surface area contributed by atoms with Crippen molar-refractivity contribution in [1.29, 1.82) is 0 Å². The number of thioether (sulfide) groups is 1. The van der Waals surface area contributed by atoms with Crippen LogP contribution in [0.25, 0.3) is 10.9 Å². The number of primary amides is 1. The van der Waals surface area contributed by atoms with Crippen LogP contribution in [0.1, 0.15) is 59.4 Å². The molecule has 1 aromatic carbocycles. The minimum atomic E-state index is -1.77. The molecule has 23 nitrogen and oxygen atoms in total. The number of carbonyl (C=O) groups excluding carboxylic acids is 9. The Hall–Kier alpha value is -6.27. The number of esters is 1. The number of hydrogen-bond donors (Lipinski definition) is 11. The molecule has 8 amide bonds. The van der Waals surface area contributed by atoms with Gasteiger partial charge in [0, 0.05) is 42.5 Å². The third-order valence-corrected chi connectivity index (χ3v) is 12.4. The van der Waals surface area contributed by atoms with E-state index in [0.717, 1.165) is 23.6 Å². The molecule has 0 spiro atoms. The summed E-state index contributed by atoms with van der Waals surface area (Å²) in [6.45, 7) is 5.87. The van der Waals surface area contributed by atoms with Gasteiger partial charge in [0.15, 0.2) is 0 Å². The van der Waals surface area contributed by atoms with Gasteiger partial charge in [0.05, 0.1) is 36.7 Å². The number of carbonyl (C=O) groups is 10. The second-order valence-electron chi connectivity index (χ2n) is 16.2. The second-order valence-corrected chi connectivity index (χ2v) is 17.2. The molecule has 0 bridgehead atoms. The summed E-state index contributed by atoms with van der Waals surface area (Å²) in [6, 6.07) is -1.57. The Bertz CT molecular complexity index is 2150. The number of fused-ring (bicyclic) bond motifs is 3. The van der Waals surface area contributed by atoms with E-state index in [2.05, 4.69) is 36.9 Å². The van der Waals surface area contributed by atoms with Crippen LogP contribution in [0.4, 0.5) is 0 Å². The van der Waals surface area contributed by atoms with Gasteiger partial charge in [-0.25, -0.2) is 4.79 Å². The van der Waals surface area contributed by atoms with Crippen LogP contribution in [0, 0.1) is 11.8 Å². The van der Waals surface area contributed by atoms with Crippen LogP contribution >= 0.6 is 11.8 Å². The molecule has 3 heterocycles. The molecule has 2 aromatic rings. The van der Waals surface area contributed by atoms with E-state index in [4.69, 9.17) is 16.2 Å². The normalized spacial score (nSPS) is 23.6. The molecule has 13 N–H and O–H groups in total. The molecule has 0 radical (unpaired) electrons. The van der Waals surface area contributed by atoms with Crippen molar-refractivity contribution in [2.45, 2.75) is 114 Å². The van der Waals surface area contributed by atoms with Gasteiger partial charge >= 0.3 is 11.9 Å². The number of H-pyrrole nitrogens is 1. The Labute approximate surface area is 378 Å². The monoisotopic (exact) mass is 930 g/mol. The summed E-state index contributed by atoms with van der Waals surface area (Å²) in [5, 5.41) is 36.6. The number of amides is 8. The Kier molecular flexibility index (Phi) is 18.2. The van der Waals surface area contributed by atoms with Crippen LogP contribution in [0.3, 0.4) is 0 Å². The fourth-order valence-corrected chi connectivity index (χ4v) is 8.52. The maximum Gasteiger partial charge on any atom is 0.326 e. The average Bonchev–Trinajstić information content (AvgIpc) is 3.81. The molecule has 3 unspecified atom stereocenters. The van der Waals surface area contributed by atoms with Gasteiger partial charge in [-0.15, -0.1) is 11.8 Å². The van der Waals surface area contributed by atoms with Gasteiger partial charge in [-0.2, -0.15) is 0 Å². The maximum absolute atomic E-state index is 14.2. The summed E-state index contributed by atoms with van der Waals surface area (Å²) in [4.78, 5) is 135. The molecule has 2 aliphatic rings. The molecule has 1 fully saturated rings. The number of aliphatic hydroxyl groups excluding tert-OH is 1. The Morgan fingerprint density at radius 3 is 2.23 bits per heavy atom. The minimum Gasteiger partial charge on any atom is -0.480 e. The highest BCUT2D eigenvalue weighted by Gasteiger charge is 2.44. The molecule has 0 saturated carbocycles. The summed E-state index contributed by atoms with van der Waals surface area (Å²) >= 11 is 1.04. The van der Waals surface area contributed by atoms with E-state index >= 15 is 0 Å². The Morgan fingerprint density at radius 1 is 0.954 bits per heavy atom. The fourth-order valence-electron chi connectivity index (χ4n) is 7.40. The zero-order valence-electron chi connectivity index (χ0n) is 36.6. The number of aliphatic carboxylic acids is 1. The van der Waals surface area contributed by atoms with Crippen molar-refractivity contribution in [2.24, 2.45) is 23.3 Å². The number of aromatic amines is 1. The smallest absolute Gasteiger partial charge is 0.326 e. The van der Waals surface area contributed by atoms with Crippen LogP contribution < -0.4 is 43.4 Å². The quantitative estimate of drug-likeness (QED) is 0.0885. The third-order valence-electron chi connectivity index (χ3n) is 11.3. The lowest BCUT2D eigenvalue weighted by molar-refractivity contribution is -0.153. The SMILES string of the molecule is CC[C@H](C)[C@@H]1NC(=O)CNC(=O)C(N)Cc2c([nH]c3ccccc23)SCC(C(=O)NC(CC(N)=O)C(=O)N2C[C@H](O)C[C@H]2C(=O)N[C@H](C(=O)O)[C@@H](C)[C@H](C)OC(C)=O)NC(=O)CNC1=O. The van der Waals surface area contributed by atoms with E-state index < -0.39 is 146 Å². The van der Waals surface area contributed by atoms with Gasteiger partial charge in [-0.05, 0) is 30.9 Å². The van der Waals surface area contributed by atoms with Crippen molar-refractivity contribution >= 4 is 81.9 Å². The number of aliphatic hydroxyl groups is 1. The number of nitrogens with two attached hydrogens (primary N) is 2. The number of hydrogen-bond acceptors (Lipinski definition) is 14. The number of likely N-dealkylation sites (tertiary alicyclic amines) is 1. The molecule has 0 aliphatic carbocycles. The number of β-amino-alcohol motifs (C(OH)–C–C–N with tert-alkyl or cyclic N) is 1. The van der Waals surface area contributed by atoms with Crippen LogP contribution in [0.5, 0.6) is 0 Å². The lowest BCUT2D eigenvalue weighted by Crippen LogP contribution is -2.59. The molecular weight excluding hydrogens is 873 g/mol. The first-order chi connectivity index (χ1) is 30.6. The lowest BCUT2D eigenvalue weighted by atomic mass is 9.96. The predicted molar refractivity (Wildman–Crippen MR) is 232 cm³/mol. The number of nitrogens with zero attached hydrogens (tertiary/aromatic N) is 1. The van der Waals surface area contributed by atoms with Crippen LogP contribution in [0.2, 0.25) is 0 Å². The fraction of sp³-hybridized carbons (Fsp3) is 0.561.